The van der Waals surface area contributed by atoms with Gasteiger partial charge in [0.15, 0.2) is 0 Å². The summed E-state index contributed by atoms with van der Waals surface area (Å²) in [5, 5.41) is -1.37. The molecule has 2 aliphatic heterocycles. The molecule has 12 aromatic carbocycles. The first kappa shape index (κ1) is 38.7. The summed E-state index contributed by atoms with van der Waals surface area (Å²) in [7, 11) is 0. The molecule has 0 spiro atoms. The third kappa shape index (κ3) is 9.48. The number of fused-ring (bicyclic) bond motifs is 10. The number of hydrogen-bond acceptors (Lipinski definition) is 2. The van der Waals surface area contributed by atoms with Crippen LogP contribution in [0.15, 0.2) is 260 Å². The van der Waals surface area contributed by atoms with Crippen LogP contribution in [0, 0.1) is 0 Å². The molecule has 0 N–H and O–H groups in total. The summed E-state index contributed by atoms with van der Waals surface area (Å²) in [6, 6.07) is 25.9. The first-order chi connectivity index (χ1) is 53.9. The molecule has 0 amide bonds. The maximum atomic E-state index is 11.6. The van der Waals surface area contributed by atoms with Gasteiger partial charge in [0.05, 0.1) is 63.6 Å². The molecule has 93 heavy (non-hydrogen) atoms. The third-order valence-electron chi connectivity index (χ3n) is 18.4. The van der Waals surface area contributed by atoms with E-state index in [2.05, 4.69) is 80.5 Å². The number of rotatable bonds is 7. The van der Waals surface area contributed by atoms with E-state index in [0.717, 1.165) is 31.4 Å². The molecule has 0 saturated heterocycles. The zero-order valence-electron chi connectivity index (χ0n) is 76.0. The summed E-state index contributed by atoms with van der Waals surface area (Å²) in [4.78, 5) is 3.72. The van der Waals surface area contributed by atoms with E-state index in [4.69, 9.17) is 5.48 Å². The van der Waals surface area contributed by atoms with Crippen molar-refractivity contribution in [2.75, 3.05) is 9.80 Å². The minimum atomic E-state index is -1.60. The van der Waals surface area contributed by atoms with Gasteiger partial charge in [0.2, 0.25) is 0 Å². The average Bonchev–Trinajstić information content (AvgIpc) is 1.47. The van der Waals surface area contributed by atoms with Gasteiger partial charge >= 0.3 is 0 Å². The van der Waals surface area contributed by atoms with Crippen LogP contribution in [-0.4, -0.2) is 15.8 Å². The van der Waals surface area contributed by atoms with Gasteiger partial charge in [-0.3, -0.25) is 0 Å². The standard InChI is InChI=1S/C88H79BN4/c1-85(2,3)59-30-23-27-56(49-59)65-33-13-18-40-74(65)92-79-54-63(90-75-41-19-14-34-68(75)69-35-15-20-42-76(69)90)45-47-72(79)89-73-48-46-64(91-77-43-21-16-36-70(77)71-37-17-22-44-78(71)91)55-80(73)93(82-53-62(88(10,11)12)52-81(92)83(82)89)84-66(57-28-24-31-60(50-57)86(4,5)6)38-26-39-67(84)58-29-25-32-61(51-58)87(7,8)9/h13-55H,1-12H3/i14D,15D,16D,17D,19D,20D,21D,22D,34D,35D,36D,37D,41D,42D,43D,44D,45D,46D,47D,48D,54D,55D. The summed E-state index contributed by atoms with van der Waals surface area (Å²) >= 11 is 0. The Hall–Kier alpha value is -10.1. The molecule has 4 heterocycles. The molecule has 16 rings (SSSR count). The zero-order chi connectivity index (χ0) is 83.2. The lowest BCUT2D eigenvalue weighted by Gasteiger charge is -2.46. The van der Waals surface area contributed by atoms with E-state index in [9.17, 15) is 24.7 Å². The first-order valence-electron chi connectivity index (χ1n) is 42.5. The predicted molar refractivity (Wildman–Crippen MR) is 400 cm³/mol. The summed E-state index contributed by atoms with van der Waals surface area (Å²) in [6.45, 7) is 23.4. The number of anilines is 6. The molecule has 0 atom stereocenters. The van der Waals surface area contributed by atoms with Gasteiger partial charge < -0.3 is 18.9 Å². The molecule has 0 fully saturated rings. The number of hydrogen-bond donors (Lipinski definition) is 0. The highest BCUT2D eigenvalue weighted by Crippen LogP contribution is 2.53. The van der Waals surface area contributed by atoms with E-state index >= 15 is 0 Å². The Morgan fingerprint density at radius 2 is 0.667 bits per heavy atom. The number of benzene rings is 12. The van der Waals surface area contributed by atoms with E-state index in [1.807, 2.05) is 140 Å². The maximum Gasteiger partial charge on any atom is 0.252 e. The molecular weight excluding hydrogens is 1120 g/mol. The van der Waals surface area contributed by atoms with Crippen molar-refractivity contribution in [2.24, 2.45) is 0 Å². The van der Waals surface area contributed by atoms with Crippen molar-refractivity contribution in [3.8, 4) is 44.8 Å². The van der Waals surface area contributed by atoms with Crippen LogP contribution in [-0.2, 0) is 21.7 Å². The van der Waals surface area contributed by atoms with Crippen LogP contribution in [0.5, 0.6) is 0 Å². The molecule has 0 radical (unpaired) electrons. The molecule has 0 saturated carbocycles. The van der Waals surface area contributed by atoms with Gasteiger partial charge in [0, 0.05) is 72.4 Å². The van der Waals surface area contributed by atoms with Crippen LogP contribution in [0.3, 0.4) is 0 Å². The van der Waals surface area contributed by atoms with Crippen LogP contribution in [0.25, 0.3) is 88.4 Å². The number of aromatic nitrogens is 2. The summed E-state index contributed by atoms with van der Waals surface area (Å²) < 4.78 is 220. The van der Waals surface area contributed by atoms with Crippen LogP contribution in [0.4, 0.5) is 34.1 Å². The van der Waals surface area contributed by atoms with E-state index in [1.165, 1.54) is 0 Å². The molecule has 0 unspecified atom stereocenters. The van der Waals surface area contributed by atoms with Crippen molar-refractivity contribution < 1.29 is 30.2 Å². The molecule has 2 aliphatic rings. The minimum Gasteiger partial charge on any atom is -0.311 e. The summed E-state index contributed by atoms with van der Waals surface area (Å²) in [5.74, 6) is 0. The Balaban J connectivity index is 1.18. The molecule has 14 aromatic rings. The Labute approximate surface area is 580 Å². The molecule has 0 aliphatic carbocycles. The summed E-state index contributed by atoms with van der Waals surface area (Å²) in [6.07, 6.45) is 0. The second-order valence-corrected chi connectivity index (χ2v) is 28.5. The Kier molecular flexibility index (Phi) is 8.83. The summed E-state index contributed by atoms with van der Waals surface area (Å²) in [5.41, 5.74) is 3.93. The predicted octanol–water partition coefficient (Wildman–Crippen LogP) is 22.2. The van der Waals surface area contributed by atoms with Crippen LogP contribution < -0.4 is 26.2 Å². The van der Waals surface area contributed by atoms with Gasteiger partial charge in [0.1, 0.15) is 0 Å². The topological polar surface area (TPSA) is 16.3 Å². The van der Waals surface area contributed by atoms with E-state index in [-0.39, 0.29) is 49.3 Å². The Morgan fingerprint density at radius 3 is 1.09 bits per heavy atom. The van der Waals surface area contributed by atoms with Crippen molar-refractivity contribution in [2.45, 2.75) is 105 Å². The quantitative estimate of drug-likeness (QED) is 0.148. The number of para-hydroxylation sites is 6. The van der Waals surface area contributed by atoms with Gasteiger partial charge in [-0.15, -0.1) is 0 Å². The molecule has 5 heteroatoms. The van der Waals surface area contributed by atoms with E-state index in [0.29, 0.717) is 61.6 Å². The number of nitrogens with zero attached hydrogens (tertiary/aromatic N) is 4. The SMILES string of the molecule is [2H]c1c([2H])c(-n2c3c([2H])c([2H])c([2H])c([2H])c3c3c([2H])c([2H])c([2H])c([2H])c32)c([2H])c2c1B1c3c(cc(C(C)(C)C)cc3N(c3c(-c4cccc(C(C)(C)C)c4)cccc3-c3cccc(C(C)(C)C)c3)c3c([2H])c(-n4c5c([2H])c([2H])c([2H])c([2H])c5c5c([2H])c([2H])c([2H])c([2H])c54)c([2H])c([2H])c31)N2c1ccccc1-c1cccc(C(C)(C)C)c1. The van der Waals surface area contributed by atoms with Gasteiger partial charge in [-0.2, -0.15) is 0 Å². The molecule has 4 nitrogen and oxygen atoms in total. The minimum absolute atomic E-state index is 0.135. The Bertz CT molecular complexity index is 6480. The largest absolute Gasteiger partial charge is 0.311 e. The fourth-order valence-corrected chi connectivity index (χ4v) is 13.6. The average molecular weight is 1230 g/mol. The molecule has 2 aromatic heterocycles. The van der Waals surface area contributed by atoms with Crippen LogP contribution in [0.2, 0.25) is 0 Å². The second-order valence-electron chi connectivity index (χ2n) is 28.5. The smallest absolute Gasteiger partial charge is 0.252 e. The Morgan fingerprint density at radius 1 is 0.312 bits per heavy atom. The fraction of sp³-hybridized carbons (Fsp3) is 0.182. The monoisotopic (exact) mass is 1220 g/mol. The van der Waals surface area contributed by atoms with Crippen molar-refractivity contribution in [3.05, 3.63) is 283 Å². The van der Waals surface area contributed by atoms with Crippen molar-refractivity contribution >= 4 is 101 Å². The lowest BCUT2D eigenvalue weighted by molar-refractivity contribution is 0.590. The highest BCUT2D eigenvalue weighted by Gasteiger charge is 2.46. The lowest BCUT2D eigenvalue weighted by atomic mass is 9.33. The molecule has 0 bridgehead atoms. The fourth-order valence-electron chi connectivity index (χ4n) is 13.6. The van der Waals surface area contributed by atoms with Gasteiger partial charge in [-0.05, 0) is 144 Å². The highest BCUT2D eigenvalue weighted by atomic mass is 15.2. The molecule has 454 valence electrons. The van der Waals surface area contributed by atoms with Gasteiger partial charge in [-0.1, -0.05) is 277 Å². The van der Waals surface area contributed by atoms with Crippen molar-refractivity contribution in [1.29, 1.82) is 0 Å². The molecular formula is C88H79BN4. The van der Waals surface area contributed by atoms with Crippen LogP contribution >= 0.6 is 0 Å². The van der Waals surface area contributed by atoms with Crippen LogP contribution in [0.1, 0.15) is 135 Å². The second kappa shape index (κ2) is 21.2. The third-order valence-corrected chi connectivity index (χ3v) is 18.4. The normalized spacial score (nSPS) is 16.6. The maximum absolute atomic E-state index is 11.6. The zero-order valence-corrected chi connectivity index (χ0v) is 54.0. The first-order valence-corrected chi connectivity index (χ1v) is 31.5. The van der Waals surface area contributed by atoms with Gasteiger partial charge in [-0.25, -0.2) is 0 Å². The van der Waals surface area contributed by atoms with Crippen molar-refractivity contribution in [1.82, 2.24) is 9.13 Å². The lowest BCUT2D eigenvalue weighted by Crippen LogP contribution is -2.61. The van der Waals surface area contributed by atoms with Crippen molar-refractivity contribution in [3.63, 3.8) is 0 Å². The van der Waals surface area contributed by atoms with E-state index in [1.54, 1.807) is 0 Å². The highest BCUT2D eigenvalue weighted by molar-refractivity contribution is 7.00. The van der Waals surface area contributed by atoms with E-state index < -0.39 is 189 Å². The van der Waals surface area contributed by atoms with Gasteiger partial charge in [0.25, 0.3) is 6.71 Å².